The van der Waals surface area contributed by atoms with Crippen molar-refractivity contribution in [3.8, 4) is 5.75 Å². The largest absolute Gasteiger partial charge is 0.508 e. The molecule has 0 amide bonds. The first kappa shape index (κ1) is 13.6. The maximum atomic E-state index is 9.74. The summed E-state index contributed by atoms with van der Waals surface area (Å²) >= 11 is 0. The minimum absolute atomic E-state index is 0.0722. The van der Waals surface area contributed by atoms with Crippen LogP contribution in [0.1, 0.15) is 30.6 Å². The van der Waals surface area contributed by atoms with Gasteiger partial charge in [-0.2, -0.15) is 0 Å². The first-order chi connectivity index (χ1) is 9.27. The highest BCUT2D eigenvalue weighted by Gasteiger charge is 2.09. The van der Waals surface area contributed by atoms with E-state index in [4.69, 9.17) is 4.74 Å². The summed E-state index contributed by atoms with van der Waals surface area (Å²) in [5, 5.41) is 9.74. The second-order valence-corrected chi connectivity index (χ2v) is 4.66. The van der Waals surface area contributed by atoms with Crippen molar-refractivity contribution in [2.45, 2.75) is 25.9 Å². The van der Waals surface area contributed by atoms with Gasteiger partial charge in [0, 0.05) is 12.2 Å². The molecule has 2 rings (SSSR count). The van der Waals surface area contributed by atoms with Crippen LogP contribution in [-0.2, 0) is 11.2 Å². The molecule has 0 fully saturated rings. The van der Waals surface area contributed by atoms with Crippen LogP contribution in [-0.4, -0.2) is 11.7 Å². The van der Waals surface area contributed by atoms with Crippen LogP contribution in [0.25, 0.3) is 0 Å². The summed E-state index contributed by atoms with van der Waals surface area (Å²) in [6.45, 7) is 2.67. The zero-order valence-electron chi connectivity index (χ0n) is 11.3. The molecule has 0 bridgehead atoms. The molecule has 100 valence electrons. The van der Waals surface area contributed by atoms with Gasteiger partial charge in [-0.15, -0.1) is 0 Å². The van der Waals surface area contributed by atoms with Gasteiger partial charge in [0.25, 0.3) is 0 Å². The molecule has 2 heteroatoms. The Hall–Kier alpha value is -1.80. The summed E-state index contributed by atoms with van der Waals surface area (Å²) in [6.07, 6.45) is 1.94. The Labute approximate surface area is 114 Å². The van der Waals surface area contributed by atoms with Gasteiger partial charge in [0.05, 0.1) is 6.10 Å². The smallest absolute Gasteiger partial charge is 0.121 e. The van der Waals surface area contributed by atoms with Crippen LogP contribution < -0.4 is 0 Å². The highest BCUT2D eigenvalue weighted by atomic mass is 16.5. The maximum absolute atomic E-state index is 9.74. The molecule has 1 N–H and O–H groups in total. The molecule has 0 unspecified atom stereocenters. The van der Waals surface area contributed by atoms with Crippen molar-refractivity contribution in [2.24, 2.45) is 0 Å². The lowest BCUT2D eigenvalue weighted by Gasteiger charge is -2.14. The molecule has 0 spiro atoms. The van der Waals surface area contributed by atoms with Gasteiger partial charge in [-0.05, 0) is 31.4 Å². The lowest BCUT2D eigenvalue weighted by molar-refractivity contribution is 0.0625. The van der Waals surface area contributed by atoms with Gasteiger partial charge >= 0.3 is 0 Å². The number of ether oxygens (including phenoxy) is 1. The summed E-state index contributed by atoms with van der Waals surface area (Å²) in [7, 11) is 0. The van der Waals surface area contributed by atoms with E-state index < -0.39 is 0 Å². The van der Waals surface area contributed by atoms with Crippen LogP contribution in [0, 0.1) is 0 Å². The molecule has 0 radical (unpaired) electrons. The van der Waals surface area contributed by atoms with E-state index in [9.17, 15) is 5.11 Å². The van der Waals surface area contributed by atoms with E-state index in [0.29, 0.717) is 12.4 Å². The third-order valence-electron chi connectivity index (χ3n) is 3.20. The van der Waals surface area contributed by atoms with Gasteiger partial charge in [0.15, 0.2) is 0 Å². The molecular weight excluding hydrogens is 236 g/mol. The Morgan fingerprint density at radius 3 is 2.42 bits per heavy atom. The van der Waals surface area contributed by atoms with Crippen LogP contribution in [0.5, 0.6) is 5.75 Å². The fourth-order valence-electron chi connectivity index (χ4n) is 2.10. The summed E-state index contributed by atoms with van der Waals surface area (Å²) in [5.74, 6) is 0.304. The molecule has 0 aliphatic rings. The summed E-state index contributed by atoms with van der Waals surface area (Å²) < 4.78 is 5.77. The molecule has 2 nitrogen and oxygen atoms in total. The van der Waals surface area contributed by atoms with Crippen molar-refractivity contribution in [2.75, 3.05) is 6.61 Å². The number of aryl methyl sites for hydroxylation is 1. The van der Waals surface area contributed by atoms with Gasteiger partial charge in [-0.1, -0.05) is 48.5 Å². The number of benzene rings is 2. The van der Waals surface area contributed by atoms with Crippen molar-refractivity contribution in [1.82, 2.24) is 0 Å². The van der Waals surface area contributed by atoms with Crippen molar-refractivity contribution in [3.05, 3.63) is 65.7 Å². The number of hydrogen-bond donors (Lipinski definition) is 1. The highest BCUT2D eigenvalue weighted by molar-refractivity contribution is 5.33. The first-order valence-corrected chi connectivity index (χ1v) is 6.71. The second-order valence-electron chi connectivity index (χ2n) is 4.66. The third-order valence-corrected chi connectivity index (χ3v) is 3.20. The molecule has 1 atom stereocenters. The van der Waals surface area contributed by atoms with E-state index in [1.807, 2.05) is 31.2 Å². The molecule has 0 aliphatic carbocycles. The predicted molar refractivity (Wildman–Crippen MR) is 77.2 cm³/mol. The van der Waals surface area contributed by atoms with Gasteiger partial charge < -0.3 is 9.84 Å². The zero-order valence-corrected chi connectivity index (χ0v) is 11.3. The summed E-state index contributed by atoms with van der Waals surface area (Å²) in [5.41, 5.74) is 2.18. The van der Waals surface area contributed by atoms with Gasteiger partial charge in [-0.25, -0.2) is 0 Å². The number of rotatable bonds is 6. The molecule has 0 saturated heterocycles. The minimum Gasteiger partial charge on any atom is -0.508 e. The van der Waals surface area contributed by atoms with E-state index in [0.717, 1.165) is 18.4 Å². The number of phenolic OH excluding ortho intramolecular Hbond substituents is 1. The average Bonchev–Trinajstić information content (AvgIpc) is 2.45. The Balaban J connectivity index is 1.76. The number of para-hydroxylation sites is 1. The quantitative estimate of drug-likeness (QED) is 0.788. The Bertz CT molecular complexity index is 494. The van der Waals surface area contributed by atoms with Gasteiger partial charge in [0.2, 0.25) is 0 Å². The van der Waals surface area contributed by atoms with E-state index in [-0.39, 0.29) is 6.10 Å². The summed E-state index contributed by atoms with van der Waals surface area (Å²) in [4.78, 5) is 0. The van der Waals surface area contributed by atoms with Crippen molar-refractivity contribution in [1.29, 1.82) is 0 Å². The molecule has 0 aromatic heterocycles. The molecular formula is C17H20O2. The average molecular weight is 256 g/mol. The fraction of sp³-hybridized carbons (Fsp3) is 0.294. The van der Waals surface area contributed by atoms with Gasteiger partial charge in [0.1, 0.15) is 5.75 Å². The number of aromatic hydroxyl groups is 1. The van der Waals surface area contributed by atoms with Crippen molar-refractivity contribution < 1.29 is 9.84 Å². The topological polar surface area (TPSA) is 29.5 Å². The zero-order chi connectivity index (χ0) is 13.5. The SMILES string of the molecule is C[C@@H](OCCCc1ccccc1)c1ccccc1O. The Kier molecular flexibility index (Phi) is 4.99. The van der Waals surface area contributed by atoms with E-state index in [1.54, 1.807) is 6.07 Å². The normalized spacial score (nSPS) is 12.3. The molecule has 0 heterocycles. The Morgan fingerprint density at radius 1 is 1.00 bits per heavy atom. The molecule has 2 aromatic carbocycles. The lowest BCUT2D eigenvalue weighted by Crippen LogP contribution is -2.03. The van der Waals surface area contributed by atoms with Crippen molar-refractivity contribution >= 4 is 0 Å². The third kappa shape index (κ3) is 4.11. The lowest BCUT2D eigenvalue weighted by atomic mass is 10.1. The van der Waals surface area contributed by atoms with Crippen LogP contribution >= 0.6 is 0 Å². The second kappa shape index (κ2) is 6.95. The van der Waals surface area contributed by atoms with Crippen LogP contribution in [0.2, 0.25) is 0 Å². The summed E-state index contributed by atoms with van der Waals surface area (Å²) in [6, 6.07) is 17.7. The highest BCUT2D eigenvalue weighted by Crippen LogP contribution is 2.25. The van der Waals surface area contributed by atoms with Gasteiger partial charge in [-0.3, -0.25) is 0 Å². The first-order valence-electron chi connectivity index (χ1n) is 6.71. The van der Waals surface area contributed by atoms with E-state index in [2.05, 4.69) is 24.3 Å². The van der Waals surface area contributed by atoms with Crippen LogP contribution in [0.3, 0.4) is 0 Å². The standard InChI is InChI=1S/C17H20O2/c1-14(16-11-5-6-12-17(16)18)19-13-7-10-15-8-3-2-4-9-15/h2-6,8-9,11-12,14,18H,7,10,13H2,1H3/t14-/m1/s1. The Morgan fingerprint density at radius 2 is 1.68 bits per heavy atom. The minimum atomic E-state index is -0.0722. The fourth-order valence-corrected chi connectivity index (χ4v) is 2.10. The predicted octanol–water partition coefficient (Wildman–Crippen LogP) is 4.10. The van der Waals surface area contributed by atoms with E-state index >= 15 is 0 Å². The number of phenols is 1. The molecule has 0 aliphatic heterocycles. The maximum Gasteiger partial charge on any atom is 0.121 e. The molecule has 19 heavy (non-hydrogen) atoms. The molecule has 2 aromatic rings. The van der Waals surface area contributed by atoms with Crippen LogP contribution in [0.15, 0.2) is 54.6 Å². The van der Waals surface area contributed by atoms with Crippen molar-refractivity contribution in [3.63, 3.8) is 0 Å². The molecule has 0 saturated carbocycles. The van der Waals surface area contributed by atoms with E-state index in [1.165, 1.54) is 5.56 Å². The monoisotopic (exact) mass is 256 g/mol. The number of hydrogen-bond acceptors (Lipinski definition) is 2. The van der Waals surface area contributed by atoms with Crippen LogP contribution in [0.4, 0.5) is 0 Å².